The van der Waals surface area contributed by atoms with Crippen LogP contribution in [0, 0.1) is 6.92 Å². The maximum atomic E-state index is 11.4. The topological polar surface area (TPSA) is 22.0 Å². The fraction of sp³-hybridized carbons (Fsp3) is 0.375. The molecule has 1 atom stereocenters. The van der Waals surface area contributed by atoms with Crippen molar-refractivity contribution >= 4 is 22.6 Å². The van der Waals surface area contributed by atoms with Crippen LogP contribution in [0.1, 0.15) is 16.5 Å². The minimum Gasteiger partial charge on any atom is -0.303 e. The molecule has 0 aliphatic rings. The average molecular weight is 263 g/mol. The molecule has 1 heterocycles. The van der Waals surface area contributed by atoms with Gasteiger partial charge in [-0.05, 0) is 19.9 Å². The molecule has 1 aromatic rings. The van der Waals surface area contributed by atoms with Gasteiger partial charge >= 0.3 is 0 Å². The lowest BCUT2D eigenvalue weighted by atomic mass is 10.3. The summed E-state index contributed by atoms with van der Waals surface area (Å²) in [4.78, 5) is 11.4. The summed E-state index contributed by atoms with van der Waals surface area (Å²) >= 11 is 2.21. The lowest BCUT2D eigenvalue weighted by Crippen LogP contribution is -2.21. The summed E-state index contributed by atoms with van der Waals surface area (Å²) in [7, 11) is 0. The molecule has 0 saturated carbocycles. The smallest absolute Gasteiger partial charge is 0.254 e. The van der Waals surface area contributed by atoms with E-state index in [0.717, 1.165) is 5.56 Å². The van der Waals surface area contributed by atoms with Crippen molar-refractivity contribution < 1.29 is 0 Å². The van der Waals surface area contributed by atoms with Crippen molar-refractivity contribution in [1.82, 2.24) is 4.57 Å². The molecule has 0 aromatic carbocycles. The van der Waals surface area contributed by atoms with Crippen LogP contribution in [0.25, 0.3) is 0 Å². The maximum Gasteiger partial charge on any atom is 0.254 e. The molecule has 11 heavy (non-hydrogen) atoms. The minimum absolute atomic E-state index is 0.106. The van der Waals surface area contributed by atoms with Gasteiger partial charge < -0.3 is 4.57 Å². The fourth-order valence-electron chi connectivity index (χ4n) is 0.903. The number of halogens is 1. The van der Waals surface area contributed by atoms with E-state index >= 15 is 0 Å². The van der Waals surface area contributed by atoms with Crippen molar-refractivity contribution in [2.24, 2.45) is 0 Å². The van der Waals surface area contributed by atoms with Crippen LogP contribution in [0.3, 0.4) is 0 Å². The summed E-state index contributed by atoms with van der Waals surface area (Å²) in [5.74, 6) is 0. The van der Waals surface area contributed by atoms with Crippen LogP contribution >= 0.6 is 22.6 Å². The Kier molecular flexibility index (Phi) is 2.70. The second kappa shape index (κ2) is 3.38. The maximum absolute atomic E-state index is 11.4. The van der Waals surface area contributed by atoms with Gasteiger partial charge in [0.25, 0.3) is 5.56 Å². The highest BCUT2D eigenvalue weighted by molar-refractivity contribution is 14.1. The molecule has 1 unspecified atom stereocenters. The summed E-state index contributed by atoms with van der Waals surface area (Å²) in [5.41, 5.74) is 0.908. The van der Waals surface area contributed by atoms with Crippen molar-refractivity contribution in [3.63, 3.8) is 0 Å². The standard InChI is InChI=1S/C8H10INO/c1-6-4-3-5-10(7(2)9)8(6)11/h3-5,7H,1-2H3. The van der Waals surface area contributed by atoms with Crippen LogP contribution < -0.4 is 5.56 Å². The average Bonchev–Trinajstić information content (AvgIpc) is 1.94. The Labute approximate surface area is 79.4 Å². The summed E-state index contributed by atoms with van der Waals surface area (Å²) in [5, 5.41) is 0. The molecule has 1 rings (SSSR count). The minimum atomic E-state index is 0.106. The highest BCUT2D eigenvalue weighted by Gasteiger charge is 2.01. The normalized spacial score (nSPS) is 13.0. The van der Waals surface area contributed by atoms with Gasteiger partial charge in [0.05, 0.1) is 4.05 Å². The monoisotopic (exact) mass is 263 g/mol. The molecule has 2 nitrogen and oxygen atoms in total. The van der Waals surface area contributed by atoms with E-state index in [9.17, 15) is 4.79 Å². The van der Waals surface area contributed by atoms with E-state index in [2.05, 4.69) is 22.6 Å². The molecule has 0 N–H and O–H groups in total. The Bertz CT molecular complexity index is 303. The van der Waals surface area contributed by atoms with Gasteiger partial charge in [0.1, 0.15) is 0 Å². The number of hydrogen-bond acceptors (Lipinski definition) is 1. The summed E-state index contributed by atoms with van der Waals surface area (Å²) in [6.07, 6.45) is 1.81. The second-order valence-electron chi connectivity index (χ2n) is 2.48. The first-order valence-corrected chi connectivity index (χ1v) is 4.69. The lowest BCUT2D eigenvalue weighted by Gasteiger charge is -2.07. The van der Waals surface area contributed by atoms with Crippen molar-refractivity contribution in [1.29, 1.82) is 0 Å². The molecular formula is C8H10INO. The molecule has 0 aliphatic heterocycles. The first-order chi connectivity index (χ1) is 5.13. The predicted octanol–water partition coefficient (Wildman–Crippen LogP) is 2.11. The molecule has 0 bridgehead atoms. The van der Waals surface area contributed by atoms with Gasteiger partial charge in [-0.1, -0.05) is 28.7 Å². The van der Waals surface area contributed by atoms with Crippen LogP contribution in [0.15, 0.2) is 23.1 Å². The molecule has 0 spiro atoms. The molecular weight excluding hydrogens is 253 g/mol. The van der Waals surface area contributed by atoms with Crippen LogP contribution in [-0.2, 0) is 0 Å². The van der Waals surface area contributed by atoms with Crippen molar-refractivity contribution in [3.8, 4) is 0 Å². The number of pyridine rings is 1. The van der Waals surface area contributed by atoms with E-state index in [1.807, 2.05) is 32.2 Å². The predicted molar refractivity (Wildman–Crippen MR) is 54.2 cm³/mol. The first-order valence-electron chi connectivity index (χ1n) is 3.45. The third-order valence-electron chi connectivity index (χ3n) is 1.55. The fourth-order valence-corrected chi connectivity index (χ4v) is 1.34. The van der Waals surface area contributed by atoms with Gasteiger partial charge in [-0.15, -0.1) is 0 Å². The largest absolute Gasteiger partial charge is 0.303 e. The quantitative estimate of drug-likeness (QED) is 0.562. The van der Waals surface area contributed by atoms with Crippen molar-refractivity contribution in [2.45, 2.75) is 17.9 Å². The number of aromatic nitrogens is 1. The number of alkyl halides is 1. The zero-order valence-corrected chi connectivity index (χ0v) is 8.70. The Morgan fingerprint density at radius 1 is 1.64 bits per heavy atom. The van der Waals surface area contributed by atoms with E-state index in [4.69, 9.17) is 0 Å². The third-order valence-corrected chi connectivity index (χ3v) is 2.15. The summed E-state index contributed by atoms with van der Waals surface area (Å²) in [6, 6.07) is 3.73. The number of rotatable bonds is 1. The van der Waals surface area contributed by atoms with Crippen LogP contribution in [0.2, 0.25) is 0 Å². The van der Waals surface area contributed by atoms with Gasteiger partial charge in [0, 0.05) is 11.8 Å². The van der Waals surface area contributed by atoms with Crippen LogP contribution in [0.4, 0.5) is 0 Å². The lowest BCUT2D eigenvalue weighted by molar-refractivity contribution is 0.727. The van der Waals surface area contributed by atoms with E-state index in [0.29, 0.717) is 0 Å². The molecule has 0 radical (unpaired) electrons. The molecule has 0 saturated heterocycles. The van der Waals surface area contributed by atoms with E-state index < -0.39 is 0 Å². The second-order valence-corrected chi connectivity index (χ2v) is 4.28. The molecule has 1 aromatic heterocycles. The van der Waals surface area contributed by atoms with Crippen LogP contribution in [0.5, 0.6) is 0 Å². The van der Waals surface area contributed by atoms with E-state index in [1.165, 1.54) is 0 Å². The van der Waals surface area contributed by atoms with E-state index in [-0.39, 0.29) is 9.61 Å². The van der Waals surface area contributed by atoms with Gasteiger partial charge in [-0.25, -0.2) is 0 Å². The molecule has 0 amide bonds. The van der Waals surface area contributed by atoms with Gasteiger partial charge in [-0.2, -0.15) is 0 Å². The zero-order valence-electron chi connectivity index (χ0n) is 6.54. The van der Waals surface area contributed by atoms with Crippen molar-refractivity contribution in [3.05, 3.63) is 34.2 Å². The zero-order chi connectivity index (χ0) is 8.43. The van der Waals surface area contributed by atoms with Gasteiger partial charge in [0.2, 0.25) is 0 Å². The molecule has 60 valence electrons. The van der Waals surface area contributed by atoms with Crippen LogP contribution in [-0.4, -0.2) is 4.57 Å². The Morgan fingerprint density at radius 3 is 2.73 bits per heavy atom. The first kappa shape index (κ1) is 8.77. The van der Waals surface area contributed by atoms with Gasteiger partial charge in [-0.3, -0.25) is 4.79 Å². The Morgan fingerprint density at radius 2 is 2.27 bits per heavy atom. The highest BCUT2D eigenvalue weighted by atomic mass is 127. The van der Waals surface area contributed by atoms with Gasteiger partial charge in [0.15, 0.2) is 0 Å². The number of nitrogens with zero attached hydrogens (tertiary/aromatic N) is 1. The molecule has 0 fully saturated rings. The molecule has 3 heteroatoms. The summed E-state index contributed by atoms with van der Waals surface area (Å²) in [6.45, 7) is 3.82. The van der Waals surface area contributed by atoms with Crippen molar-refractivity contribution in [2.75, 3.05) is 0 Å². The van der Waals surface area contributed by atoms with E-state index in [1.54, 1.807) is 4.57 Å². The Balaban J connectivity index is 3.28. The highest BCUT2D eigenvalue weighted by Crippen LogP contribution is 2.10. The Hall–Kier alpha value is -0.320. The third kappa shape index (κ3) is 1.83. The number of aryl methyl sites for hydroxylation is 1. The summed E-state index contributed by atoms with van der Waals surface area (Å²) < 4.78 is 1.94. The molecule has 0 aliphatic carbocycles. The SMILES string of the molecule is Cc1cccn(C(C)I)c1=O. The number of hydrogen-bond donors (Lipinski definition) is 0.